The predicted molar refractivity (Wildman–Crippen MR) is 79.9 cm³/mol. The van der Waals surface area contributed by atoms with Gasteiger partial charge in [0.05, 0.1) is 19.4 Å². The van der Waals surface area contributed by atoms with Crippen molar-refractivity contribution in [1.82, 2.24) is 5.32 Å². The van der Waals surface area contributed by atoms with Crippen LogP contribution in [0.2, 0.25) is 0 Å². The lowest BCUT2D eigenvalue weighted by Gasteiger charge is -2.20. The number of hydrogen-bond acceptors (Lipinski definition) is 3. The summed E-state index contributed by atoms with van der Waals surface area (Å²) in [4.78, 5) is 0. The first kappa shape index (κ1) is 13.3. The Morgan fingerprint density at radius 2 is 2.10 bits per heavy atom. The Bertz CT molecular complexity index is 586. The van der Waals surface area contributed by atoms with Gasteiger partial charge in [0, 0.05) is 17.2 Å². The highest BCUT2D eigenvalue weighted by molar-refractivity contribution is 5.74. The van der Waals surface area contributed by atoms with E-state index in [1.54, 1.807) is 6.26 Å². The number of nitrogens with one attached hydrogen (secondary N) is 1. The van der Waals surface area contributed by atoms with Gasteiger partial charge in [0.2, 0.25) is 0 Å². The molecule has 2 heterocycles. The summed E-state index contributed by atoms with van der Waals surface area (Å²) >= 11 is 0. The first-order chi connectivity index (χ1) is 9.75. The van der Waals surface area contributed by atoms with E-state index >= 15 is 0 Å². The van der Waals surface area contributed by atoms with Crippen LogP contribution < -0.4 is 10.1 Å². The Kier molecular flexibility index (Phi) is 3.79. The summed E-state index contributed by atoms with van der Waals surface area (Å²) in [7, 11) is 0. The number of benzene rings is 1. The molecule has 0 atom stereocenters. The average molecular weight is 271 g/mol. The summed E-state index contributed by atoms with van der Waals surface area (Å²) < 4.78 is 11.5. The molecule has 20 heavy (non-hydrogen) atoms. The maximum Gasteiger partial charge on any atom is 0.130 e. The summed E-state index contributed by atoms with van der Waals surface area (Å²) in [5, 5.41) is 3.40. The predicted octanol–water partition coefficient (Wildman–Crippen LogP) is 3.77. The molecule has 106 valence electrons. The number of rotatable bonds is 4. The van der Waals surface area contributed by atoms with Crippen molar-refractivity contribution in [3.8, 4) is 16.9 Å². The number of ether oxygens (including phenoxy) is 1. The Morgan fingerprint density at radius 1 is 1.20 bits per heavy atom. The minimum absolute atomic E-state index is 0.439. The fourth-order valence-electron chi connectivity index (χ4n) is 2.62. The third kappa shape index (κ3) is 2.59. The first-order valence-corrected chi connectivity index (χ1v) is 7.30. The van der Waals surface area contributed by atoms with E-state index in [0.29, 0.717) is 6.04 Å². The number of aryl methyl sites for hydroxylation is 1. The lowest BCUT2D eigenvalue weighted by molar-refractivity contribution is 0.289. The lowest BCUT2D eigenvalue weighted by atomic mass is 9.98. The second kappa shape index (κ2) is 5.71. The van der Waals surface area contributed by atoms with Crippen molar-refractivity contribution < 1.29 is 9.15 Å². The largest absolute Gasteiger partial charge is 0.493 e. The summed E-state index contributed by atoms with van der Waals surface area (Å²) in [5.41, 5.74) is 3.59. The van der Waals surface area contributed by atoms with Gasteiger partial charge in [-0.3, -0.25) is 0 Å². The molecule has 3 nitrogen and oxygen atoms in total. The van der Waals surface area contributed by atoms with E-state index in [1.165, 1.54) is 5.56 Å². The normalized spacial score (nSPS) is 14.2. The van der Waals surface area contributed by atoms with E-state index in [9.17, 15) is 0 Å². The van der Waals surface area contributed by atoms with Gasteiger partial charge in [0.25, 0.3) is 0 Å². The molecule has 2 aromatic rings. The highest BCUT2D eigenvalue weighted by atomic mass is 16.5. The summed E-state index contributed by atoms with van der Waals surface area (Å²) in [6.45, 7) is 5.82. The van der Waals surface area contributed by atoms with Crippen LogP contribution in [0, 0.1) is 0 Å². The molecule has 0 bridgehead atoms. The van der Waals surface area contributed by atoms with Crippen LogP contribution in [0.3, 0.4) is 0 Å². The molecule has 0 spiro atoms. The standard InChI is InChI=1S/C17H21NO2/c1-12(2)18-11-16-14(8-10-19-16)15-7-3-5-13-6-4-9-20-17(13)15/h3,5,7-8,10,12,18H,4,6,9,11H2,1-2H3. The Balaban J connectivity index is 1.95. The van der Waals surface area contributed by atoms with Gasteiger partial charge in [0.15, 0.2) is 0 Å². The SMILES string of the molecule is CC(C)NCc1occc1-c1cccc2c1OCCC2. The number of para-hydroxylation sites is 1. The molecule has 1 aromatic carbocycles. The zero-order chi connectivity index (χ0) is 13.9. The van der Waals surface area contributed by atoms with E-state index in [1.807, 2.05) is 6.07 Å². The molecule has 0 fully saturated rings. The molecule has 1 N–H and O–H groups in total. The van der Waals surface area contributed by atoms with E-state index in [2.05, 4.69) is 37.4 Å². The zero-order valence-electron chi connectivity index (χ0n) is 12.1. The summed E-state index contributed by atoms with van der Waals surface area (Å²) in [6, 6.07) is 8.85. The van der Waals surface area contributed by atoms with Crippen molar-refractivity contribution >= 4 is 0 Å². The van der Waals surface area contributed by atoms with Crippen LogP contribution in [0.1, 0.15) is 31.6 Å². The van der Waals surface area contributed by atoms with Gasteiger partial charge in [-0.15, -0.1) is 0 Å². The van der Waals surface area contributed by atoms with Crippen molar-refractivity contribution in [1.29, 1.82) is 0 Å². The smallest absolute Gasteiger partial charge is 0.130 e. The molecule has 0 unspecified atom stereocenters. The van der Waals surface area contributed by atoms with Gasteiger partial charge < -0.3 is 14.5 Å². The minimum atomic E-state index is 0.439. The Morgan fingerprint density at radius 3 is 2.95 bits per heavy atom. The van der Waals surface area contributed by atoms with Crippen LogP contribution in [0.4, 0.5) is 0 Å². The molecule has 0 amide bonds. The average Bonchev–Trinajstić information content (AvgIpc) is 2.92. The molecule has 1 aromatic heterocycles. The van der Waals surface area contributed by atoms with E-state index in [0.717, 1.165) is 48.6 Å². The van der Waals surface area contributed by atoms with Gasteiger partial charge >= 0.3 is 0 Å². The molecule has 0 saturated carbocycles. The van der Waals surface area contributed by atoms with Gasteiger partial charge in [-0.1, -0.05) is 32.0 Å². The maximum atomic E-state index is 5.90. The maximum absolute atomic E-state index is 5.90. The third-order valence-corrected chi connectivity index (χ3v) is 3.64. The molecule has 0 saturated heterocycles. The molecular weight excluding hydrogens is 250 g/mol. The topological polar surface area (TPSA) is 34.4 Å². The number of hydrogen-bond donors (Lipinski definition) is 1. The van der Waals surface area contributed by atoms with Crippen molar-refractivity contribution in [3.63, 3.8) is 0 Å². The highest BCUT2D eigenvalue weighted by Gasteiger charge is 2.18. The Hall–Kier alpha value is -1.74. The van der Waals surface area contributed by atoms with Crippen molar-refractivity contribution in [2.24, 2.45) is 0 Å². The summed E-state index contributed by atoms with van der Waals surface area (Å²) in [6.07, 6.45) is 3.96. The van der Waals surface area contributed by atoms with Crippen LogP contribution in [-0.2, 0) is 13.0 Å². The highest BCUT2D eigenvalue weighted by Crippen LogP contribution is 2.38. The monoisotopic (exact) mass is 271 g/mol. The molecule has 1 aliphatic rings. The molecule has 0 aliphatic carbocycles. The van der Waals surface area contributed by atoms with Crippen LogP contribution in [0.25, 0.3) is 11.1 Å². The van der Waals surface area contributed by atoms with E-state index in [4.69, 9.17) is 9.15 Å². The summed E-state index contributed by atoms with van der Waals surface area (Å²) in [5.74, 6) is 2.01. The van der Waals surface area contributed by atoms with Gasteiger partial charge in [-0.2, -0.15) is 0 Å². The van der Waals surface area contributed by atoms with Crippen molar-refractivity contribution in [3.05, 3.63) is 41.9 Å². The van der Waals surface area contributed by atoms with Gasteiger partial charge in [-0.25, -0.2) is 0 Å². The van der Waals surface area contributed by atoms with E-state index < -0.39 is 0 Å². The number of furan rings is 1. The van der Waals surface area contributed by atoms with Crippen molar-refractivity contribution in [2.45, 2.75) is 39.3 Å². The van der Waals surface area contributed by atoms with E-state index in [-0.39, 0.29) is 0 Å². The minimum Gasteiger partial charge on any atom is -0.493 e. The molecule has 3 heteroatoms. The van der Waals surface area contributed by atoms with Crippen molar-refractivity contribution in [2.75, 3.05) is 6.61 Å². The molecular formula is C17H21NO2. The fourth-order valence-corrected chi connectivity index (χ4v) is 2.62. The fraction of sp³-hybridized carbons (Fsp3) is 0.412. The van der Waals surface area contributed by atoms with Gasteiger partial charge in [0.1, 0.15) is 11.5 Å². The van der Waals surface area contributed by atoms with Crippen LogP contribution in [-0.4, -0.2) is 12.6 Å². The van der Waals surface area contributed by atoms with Crippen LogP contribution in [0.5, 0.6) is 5.75 Å². The molecule has 3 rings (SSSR count). The second-order valence-electron chi connectivity index (χ2n) is 5.54. The lowest BCUT2D eigenvalue weighted by Crippen LogP contribution is -2.21. The van der Waals surface area contributed by atoms with Gasteiger partial charge in [-0.05, 0) is 24.5 Å². The number of fused-ring (bicyclic) bond motifs is 1. The third-order valence-electron chi connectivity index (χ3n) is 3.64. The Labute approximate surface area is 119 Å². The second-order valence-corrected chi connectivity index (χ2v) is 5.54. The first-order valence-electron chi connectivity index (χ1n) is 7.30. The quantitative estimate of drug-likeness (QED) is 0.919. The van der Waals surface area contributed by atoms with Crippen LogP contribution in [0.15, 0.2) is 34.9 Å². The zero-order valence-corrected chi connectivity index (χ0v) is 12.1. The molecule has 1 aliphatic heterocycles. The molecule has 0 radical (unpaired) electrons. The van der Waals surface area contributed by atoms with Crippen LogP contribution >= 0.6 is 0 Å².